The van der Waals surface area contributed by atoms with Crippen molar-refractivity contribution in [2.24, 2.45) is 0 Å². The van der Waals surface area contributed by atoms with Crippen LogP contribution in [0, 0.1) is 0 Å². The molecule has 0 radical (unpaired) electrons. The van der Waals surface area contributed by atoms with Crippen molar-refractivity contribution in [3.05, 3.63) is 12.2 Å². The van der Waals surface area contributed by atoms with Crippen molar-refractivity contribution in [1.29, 1.82) is 0 Å². The summed E-state index contributed by atoms with van der Waals surface area (Å²) >= 11 is 0. The normalized spacial score (nSPS) is 12.0. The van der Waals surface area contributed by atoms with Crippen molar-refractivity contribution in [3.63, 3.8) is 0 Å². The van der Waals surface area contributed by atoms with Gasteiger partial charge in [-0.2, -0.15) is 0 Å². The molecular formula is C37H69NO5. The van der Waals surface area contributed by atoms with Crippen LogP contribution in [0.5, 0.6) is 0 Å². The van der Waals surface area contributed by atoms with Gasteiger partial charge in [0.05, 0.1) is 0 Å². The van der Waals surface area contributed by atoms with Crippen LogP contribution in [0.25, 0.3) is 0 Å². The quantitative estimate of drug-likeness (QED) is 0.0440. The molecule has 2 N–H and O–H groups in total. The van der Waals surface area contributed by atoms with E-state index >= 15 is 0 Å². The fourth-order valence-corrected chi connectivity index (χ4v) is 5.45. The summed E-state index contributed by atoms with van der Waals surface area (Å²) in [6.45, 7) is 4.16. The highest BCUT2D eigenvalue weighted by Crippen LogP contribution is 2.18. The molecule has 0 aromatic rings. The first kappa shape index (κ1) is 41.1. The van der Waals surface area contributed by atoms with E-state index < -0.39 is 5.97 Å². The molecule has 0 aliphatic rings. The molecule has 0 saturated carbocycles. The van der Waals surface area contributed by atoms with Crippen LogP contribution in [-0.2, 0) is 19.1 Å². The van der Waals surface area contributed by atoms with E-state index in [2.05, 4.69) is 31.3 Å². The van der Waals surface area contributed by atoms with Gasteiger partial charge in [-0.25, -0.2) is 0 Å². The minimum Gasteiger partial charge on any atom is -0.480 e. The number of aliphatic carboxylic acids is 1. The number of allylic oxidation sites excluding steroid dienone is 2. The Morgan fingerprint density at radius 3 is 1.51 bits per heavy atom. The summed E-state index contributed by atoms with van der Waals surface area (Å²) in [5, 5.41) is 11.0. The summed E-state index contributed by atoms with van der Waals surface area (Å²) < 4.78 is 5.90. The summed E-state index contributed by atoms with van der Waals surface area (Å²) in [5.74, 6) is -1.27. The highest BCUT2D eigenvalue weighted by Gasteiger charge is 2.14. The molecule has 6 heteroatoms. The van der Waals surface area contributed by atoms with Gasteiger partial charge in [0.2, 0.25) is 5.91 Å². The summed E-state index contributed by atoms with van der Waals surface area (Å²) in [7, 11) is 0. The molecule has 0 aromatic carbocycles. The number of esters is 1. The van der Waals surface area contributed by atoms with E-state index in [1.807, 2.05) is 0 Å². The molecule has 0 rings (SSSR count). The molecule has 252 valence electrons. The second-order valence-corrected chi connectivity index (χ2v) is 12.5. The molecule has 1 unspecified atom stereocenters. The third-order valence-electron chi connectivity index (χ3n) is 8.19. The van der Waals surface area contributed by atoms with E-state index in [-0.39, 0.29) is 24.5 Å². The second kappa shape index (κ2) is 33.1. The molecule has 0 fully saturated rings. The van der Waals surface area contributed by atoms with Gasteiger partial charge in [0, 0.05) is 12.8 Å². The number of nitrogens with one attached hydrogen (secondary N) is 1. The zero-order valence-electron chi connectivity index (χ0n) is 28.3. The number of hydrogen-bond donors (Lipinski definition) is 2. The summed E-state index contributed by atoms with van der Waals surface area (Å²) in [6.07, 6.45) is 36.4. The van der Waals surface area contributed by atoms with E-state index in [0.29, 0.717) is 12.8 Å². The van der Waals surface area contributed by atoms with Crippen molar-refractivity contribution < 1.29 is 24.2 Å². The van der Waals surface area contributed by atoms with Gasteiger partial charge in [-0.15, -0.1) is 0 Å². The zero-order valence-corrected chi connectivity index (χ0v) is 28.3. The fourth-order valence-electron chi connectivity index (χ4n) is 5.45. The lowest BCUT2D eigenvalue weighted by molar-refractivity contribution is -0.150. The molecule has 43 heavy (non-hydrogen) atoms. The van der Waals surface area contributed by atoms with Gasteiger partial charge in [-0.05, 0) is 64.2 Å². The Labute approximate surface area is 265 Å². The Morgan fingerprint density at radius 1 is 0.581 bits per heavy atom. The highest BCUT2D eigenvalue weighted by molar-refractivity contribution is 5.80. The van der Waals surface area contributed by atoms with Gasteiger partial charge >= 0.3 is 11.9 Å². The lowest BCUT2D eigenvalue weighted by Crippen LogP contribution is -2.28. The number of hydrogen-bond acceptors (Lipinski definition) is 4. The van der Waals surface area contributed by atoms with Crippen LogP contribution >= 0.6 is 0 Å². The third kappa shape index (κ3) is 32.9. The molecule has 1 amide bonds. The number of amides is 1. The molecule has 6 nitrogen and oxygen atoms in total. The van der Waals surface area contributed by atoms with E-state index in [9.17, 15) is 14.4 Å². The maximum absolute atomic E-state index is 12.5. The maximum Gasteiger partial charge on any atom is 0.322 e. The van der Waals surface area contributed by atoms with Crippen LogP contribution in [0.1, 0.15) is 194 Å². The van der Waals surface area contributed by atoms with Gasteiger partial charge in [-0.1, -0.05) is 129 Å². The molecule has 1 atom stereocenters. The molecule has 0 aliphatic heterocycles. The lowest BCUT2D eigenvalue weighted by Gasteiger charge is -2.18. The second-order valence-electron chi connectivity index (χ2n) is 12.5. The molecule has 0 aliphatic carbocycles. The van der Waals surface area contributed by atoms with Crippen LogP contribution in [0.3, 0.4) is 0 Å². The van der Waals surface area contributed by atoms with E-state index in [0.717, 1.165) is 57.8 Å². The average molecular weight is 608 g/mol. The number of carbonyl (C=O) groups excluding carboxylic acids is 2. The van der Waals surface area contributed by atoms with Gasteiger partial charge in [0.15, 0.2) is 0 Å². The largest absolute Gasteiger partial charge is 0.480 e. The van der Waals surface area contributed by atoms with Gasteiger partial charge in [0.25, 0.3) is 0 Å². The van der Waals surface area contributed by atoms with E-state index in [1.165, 1.54) is 109 Å². The number of ether oxygens (including phenoxy) is 1. The Kier molecular flexibility index (Phi) is 31.6. The first-order chi connectivity index (χ1) is 21.0. The van der Waals surface area contributed by atoms with Gasteiger partial charge in [0.1, 0.15) is 12.6 Å². The van der Waals surface area contributed by atoms with E-state index in [1.54, 1.807) is 0 Å². The number of unbranched alkanes of at least 4 members (excludes halogenated alkanes) is 20. The standard InChI is InChI=1S/C37H69NO5/c1-3-5-7-9-10-11-12-13-14-15-16-17-18-19-20-21-22-28-32-37(42)43-34(29-25-8-6-4-2)30-26-23-24-27-31-35(39)38-33-36(40)41/h14-15,34H,3-13,16-33H2,1-2H3,(H,38,39)(H,40,41)/b15-14-. The lowest BCUT2D eigenvalue weighted by atomic mass is 10.0. The molecule has 0 bridgehead atoms. The van der Waals surface area contributed by atoms with E-state index in [4.69, 9.17) is 9.84 Å². The Hall–Kier alpha value is -1.85. The Bertz CT molecular complexity index is 678. The smallest absolute Gasteiger partial charge is 0.322 e. The van der Waals surface area contributed by atoms with Gasteiger partial charge < -0.3 is 15.2 Å². The Balaban J connectivity index is 3.83. The van der Waals surface area contributed by atoms with Crippen molar-refractivity contribution in [2.45, 2.75) is 200 Å². The maximum atomic E-state index is 12.5. The summed E-state index contributed by atoms with van der Waals surface area (Å²) in [5.41, 5.74) is 0. The SMILES string of the molecule is CCCCCCCCC/C=C\CCCCCCCCCC(=O)OC(CCCCCC)CCCCCCC(=O)NCC(=O)O. The van der Waals surface area contributed by atoms with Crippen molar-refractivity contribution in [3.8, 4) is 0 Å². The Morgan fingerprint density at radius 2 is 1.00 bits per heavy atom. The molecule has 0 aromatic heterocycles. The number of carbonyl (C=O) groups is 3. The zero-order chi connectivity index (χ0) is 31.6. The van der Waals surface area contributed by atoms with Crippen LogP contribution in [-0.4, -0.2) is 35.6 Å². The topological polar surface area (TPSA) is 92.7 Å². The van der Waals surface area contributed by atoms with Crippen molar-refractivity contribution in [2.75, 3.05) is 6.54 Å². The third-order valence-corrected chi connectivity index (χ3v) is 8.19. The minimum absolute atomic E-state index is 0.00724. The van der Waals surface area contributed by atoms with Crippen LogP contribution in [0.15, 0.2) is 12.2 Å². The predicted octanol–water partition coefficient (Wildman–Crippen LogP) is 10.6. The van der Waals surface area contributed by atoms with Crippen LogP contribution < -0.4 is 5.32 Å². The fraction of sp³-hybridized carbons (Fsp3) is 0.865. The van der Waals surface area contributed by atoms with Crippen LogP contribution in [0.4, 0.5) is 0 Å². The predicted molar refractivity (Wildman–Crippen MR) is 180 cm³/mol. The van der Waals surface area contributed by atoms with Crippen molar-refractivity contribution in [1.82, 2.24) is 5.32 Å². The minimum atomic E-state index is -1.02. The van der Waals surface area contributed by atoms with Crippen molar-refractivity contribution >= 4 is 17.8 Å². The first-order valence-corrected chi connectivity index (χ1v) is 18.3. The first-order valence-electron chi connectivity index (χ1n) is 18.3. The highest BCUT2D eigenvalue weighted by atomic mass is 16.5. The summed E-state index contributed by atoms with van der Waals surface area (Å²) in [6, 6.07) is 0. The number of carboxylic acid groups (broad SMARTS) is 1. The monoisotopic (exact) mass is 608 g/mol. The number of rotatable bonds is 33. The van der Waals surface area contributed by atoms with Gasteiger partial charge in [-0.3, -0.25) is 14.4 Å². The number of carboxylic acids is 1. The molecule has 0 heterocycles. The average Bonchev–Trinajstić information content (AvgIpc) is 2.99. The van der Waals surface area contributed by atoms with Crippen LogP contribution in [0.2, 0.25) is 0 Å². The molecule has 0 saturated heterocycles. The summed E-state index contributed by atoms with van der Waals surface area (Å²) in [4.78, 5) is 34.6. The molecule has 0 spiro atoms. The molecular weight excluding hydrogens is 538 g/mol.